The summed E-state index contributed by atoms with van der Waals surface area (Å²) in [4.78, 5) is 41.2. The van der Waals surface area contributed by atoms with Crippen LogP contribution in [0.3, 0.4) is 0 Å². The fourth-order valence-electron chi connectivity index (χ4n) is 4.10. The van der Waals surface area contributed by atoms with Crippen molar-refractivity contribution < 1.29 is 14.4 Å². The number of aromatic nitrogens is 2. The van der Waals surface area contributed by atoms with E-state index in [-0.39, 0.29) is 30.6 Å². The van der Waals surface area contributed by atoms with E-state index in [1.165, 1.54) is 6.42 Å². The van der Waals surface area contributed by atoms with Gasteiger partial charge in [0.15, 0.2) is 5.69 Å². The average molecular weight is 404 g/mol. The molecule has 8 nitrogen and oxygen atoms in total. The summed E-state index contributed by atoms with van der Waals surface area (Å²) in [5.74, 6) is -0.139. The van der Waals surface area contributed by atoms with E-state index in [9.17, 15) is 14.4 Å². The number of hydrogen-bond acceptors (Lipinski definition) is 4. The van der Waals surface area contributed by atoms with Crippen molar-refractivity contribution >= 4 is 17.7 Å². The van der Waals surface area contributed by atoms with Crippen LogP contribution in [0.1, 0.15) is 73.6 Å². The molecule has 0 spiro atoms. The first-order valence-corrected chi connectivity index (χ1v) is 10.9. The zero-order valence-corrected chi connectivity index (χ0v) is 17.7. The lowest BCUT2D eigenvalue weighted by Crippen LogP contribution is -2.39. The summed E-state index contributed by atoms with van der Waals surface area (Å²) in [7, 11) is 1.87. The van der Waals surface area contributed by atoms with Crippen LogP contribution in [0.25, 0.3) is 0 Å². The van der Waals surface area contributed by atoms with Gasteiger partial charge in [0, 0.05) is 70.3 Å². The molecule has 1 aromatic rings. The highest BCUT2D eigenvalue weighted by Gasteiger charge is 2.31. The SMILES string of the molecule is CCCCNC(=O)CCC(=O)N1CCc2c(c(C(=O)N3CCCCC3)nn2C)C1. The van der Waals surface area contributed by atoms with Gasteiger partial charge in [0.25, 0.3) is 5.91 Å². The second kappa shape index (κ2) is 9.89. The molecule has 1 fully saturated rings. The topological polar surface area (TPSA) is 87.5 Å². The zero-order chi connectivity index (χ0) is 20.8. The van der Waals surface area contributed by atoms with Crippen molar-refractivity contribution in [2.45, 2.75) is 64.8 Å². The molecule has 0 saturated carbocycles. The number of nitrogens with zero attached hydrogens (tertiary/aromatic N) is 4. The first-order chi connectivity index (χ1) is 14.0. The lowest BCUT2D eigenvalue weighted by atomic mass is 10.0. The number of likely N-dealkylation sites (tertiary alicyclic amines) is 1. The minimum atomic E-state index is -0.0770. The van der Waals surface area contributed by atoms with Crippen molar-refractivity contribution in [1.82, 2.24) is 24.9 Å². The smallest absolute Gasteiger partial charge is 0.274 e. The Kier molecular flexibility index (Phi) is 7.28. The van der Waals surface area contributed by atoms with Gasteiger partial charge in [-0.2, -0.15) is 5.10 Å². The van der Waals surface area contributed by atoms with Crippen LogP contribution in [0.2, 0.25) is 0 Å². The van der Waals surface area contributed by atoms with Gasteiger partial charge in [0.1, 0.15) is 0 Å². The van der Waals surface area contributed by atoms with Gasteiger partial charge in [-0.3, -0.25) is 19.1 Å². The Bertz CT molecular complexity index is 752. The number of amides is 3. The van der Waals surface area contributed by atoms with Gasteiger partial charge >= 0.3 is 0 Å². The van der Waals surface area contributed by atoms with Crippen LogP contribution in [-0.2, 0) is 29.6 Å². The molecule has 2 aliphatic rings. The summed E-state index contributed by atoms with van der Waals surface area (Å²) in [6.07, 6.45) is 6.29. The van der Waals surface area contributed by atoms with Crippen molar-refractivity contribution in [3.05, 3.63) is 17.0 Å². The van der Waals surface area contributed by atoms with Crippen LogP contribution in [0.4, 0.5) is 0 Å². The van der Waals surface area contributed by atoms with Crippen molar-refractivity contribution in [2.75, 3.05) is 26.2 Å². The highest BCUT2D eigenvalue weighted by molar-refractivity contribution is 5.94. The largest absolute Gasteiger partial charge is 0.356 e. The summed E-state index contributed by atoms with van der Waals surface area (Å²) in [5, 5.41) is 7.35. The van der Waals surface area contributed by atoms with E-state index >= 15 is 0 Å². The highest BCUT2D eigenvalue weighted by Crippen LogP contribution is 2.25. The molecule has 3 amide bonds. The molecular weight excluding hydrogens is 370 g/mol. The molecule has 3 heterocycles. The third-order valence-corrected chi connectivity index (χ3v) is 5.86. The molecule has 0 bridgehead atoms. The first kappa shape index (κ1) is 21.3. The molecule has 160 valence electrons. The summed E-state index contributed by atoms with van der Waals surface area (Å²) >= 11 is 0. The van der Waals surface area contributed by atoms with Crippen LogP contribution >= 0.6 is 0 Å². The molecule has 1 aromatic heterocycles. The van der Waals surface area contributed by atoms with E-state index in [2.05, 4.69) is 17.3 Å². The predicted octanol–water partition coefficient (Wildman–Crippen LogP) is 1.63. The summed E-state index contributed by atoms with van der Waals surface area (Å²) < 4.78 is 1.79. The Labute approximate surface area is 172 Å². The van der Waals surface area contributed by atoms with E-state index in [1.807, 2.05) is 11.9 Å². The standard InChI is InChI=1S/C21H33N5O3/c1-3-4-11-22-18(27)8-9-19(28)26-14-10-17-16(15-26)20(23-24(17)2)21(29)25-12-6-5-7-13-25/h3-15H2,1-2H3,(H,22,27). The van der Waals surface area contributed by atoms with Crippen LogP contribution in [0.5, 0.6) is 0 Å². The fraction of sp³-hybridized carbons (Fsp3) is 0.714. The van der Waals surface area contributed by atoms with Crippen LogP contribution < -0.4 is 5.32 Å². The maximum atomic E-state index is 13.0. The van der Waals surface area contributed by atoms with Gasteiger partial charge < -0.3 is 15.1 Å². The number of piperidine rings is 1. The molecule has 1 N–H and O–H groups in total. The number of carbonyl (C=O) groups excluding carboxylic acids is 3. The van der Waals surface area contributed by atoms with Crippen molar-refractivity contribution in [3.63, 3.8) is 0 Å². The maximum absolute atomic E-state index is 13.0. The number of aryl methyl sites for hydroxylation is 1. The molecular formula is C21H33N5O3. The normalized spacial score (nSPS) is 16.5. The van der Waals surface area contributed by atoms with Crippen LogP contribution in [-0.4, -0.2) is 63.5 Å². The predicted molar refractivity (Wildman–Crippen MR) is 109 cm³/mol. The van der Waals surface area contributed by atoms with Gasteiger partial charge in [0.2, 0.25) is 11.8 Å². The number of carbonyl (C=O) groups is 3. The van der Waals surface area contributed by atoms with Gasteiger partial charge in [-0.1, -0.05) is 13.3 Å². The number of rotatable bonds is 7. The molecule has 3 rings (SSSR count). The lowest BCUT2D eigenvalue weighted by molar-refractivity contribution is -0.134. The summed E-state index contributed by atoms with van der Waals surface area (Å²) in [5.41, 5.74) is 2.39. The Morgan fingerprint density at radius 3 is 2.52 bits per heavy atom. The second-order valence-corrected chi connectivity index (χ2v) is 8.02. The summed E-state index contributed by atoms with van der Waals surface area (Å²) in [6.45, 7) is 5.28. The van der Waals surface area contributed by atoms with Crippen molar-refractivity contribution in [1.29, 1.82) is 0 Å². The minimum Gasteiger partial charge on any atom is -0.356 e. The number of hydrogen-bond donors (Lipinski definition) is 1. The third kappa shape index (κ3) is 5.16. The summed E-state index contributed by atoms with van der Waals surface area (Å²) in [6, 6.07) is 0. The zero-order valence-electron chi connectivity index (χ0n) is 17.7. The second-order valence-electron chi connectivity index (χ2n) is 8.02. The monoisotopic (exact) mass is 403 g/mol. The molecule has 0 atom stereocenters. The number of unbranched alkanes of at least 4 members (excludes halogenated alkanes) is 1. The van der Waals surface area contributed by atoms with Crippen molar-refractivity contribution in [2.24, 2.45) is 7.05 Å². The molecule has 8 heteroatoms. The first-order valence-electron chi connectivity index (χ1n) is 10.9. The average Bonchev–Trinajstić information content (AvgIpc) is 3.08. The van der Waals surface area contributed by atoms with Crippen LogP contribution in [0, 0.1) is 0 Å². The quantitative estimate of drug-likeness (QED) is 0.701. The van der Waals surface area contributed by atoms with E-state index in [0.717, 1.165) is 50.0 Å². The van der Waals surface area contributed by atoms with Gasteiger partial charge in [-0.25, -0.2) is 0 Å². The molecule has 0 aliphatic carbocycles. The van der Waals surface area contributed by atoms with Crippen LogP contribution in [0.15, 0.2) is 0 Å². The van der Waals surface area contributed by atoms with E-state index in [1.54, 1.807) is 9.58 Å². The molecule has 0 radical (unpaired) electrons. The fourth-order valence-corrected chi connectivity index (χ4v) is 4.10. The molecule has 29 heavy (non-hydrogen) atoms. The highest BCUT2D eigenvalue weighted by atomic mass is 16.2. The Hall–Kier alpha value is -2.38. The van der Waals surface area contributed by atoms with Gasteiger partial charge in [-0.15, -0.1) is 0 Å². The van der Waals surface area contributed by atoms with Crippen molar-refractivity contribution in [3.8, 4) is 0 Å². The van der Waals surface area contributed by atoms with E-state index < -0.39 is 0 Å². The lowest BCUT2D eigenvalue weighted by Gasteiger charge is -2.29. The molecule has 0 unspecified atom stereocenters. The number of fused-ring (bicyclic) bond motifs is 1. The molecule has 0 aromatic carbocycles. The van der Waals surface area contributed by atoms with Gasteiger partial charge in [0.05, 0.1) is 0 Å². The number of nitrogens with one attached hydrogen (secondary N) is 1. The minimum absolute atomic E-state index is 0.0221. The Balaban J connectivity index is 1.61. The van der Waals surface area contributed by atoms with E-state index in [4.69, 9.17) is 0 Å². The van der Waals surface area contributed by atoms with E-state index in [0.29, 0.717) is 31.7 Å². The molecule has 1 saturated heterocycles. The maximum Gasteiger partial charge on any atom is 0.274 e. The van der Waals surface area contributed by atoms with Gasteiger partial charge in [-0.05, 0) is 25.7 Å². The Morgan fingerprint density at radius 2 is 1.79 bits per heavy atom. The Morgan fingerprint density at radius 1 is 1.03 bits per heavy atom. The third-order valence-electron chi connectivity index (χ3n) is 5.86. The molecule has 2 aliphatic heterocycles.